The summed E-state index contributed by atoms with van der Waals surface area (Å²) in [6.07, 6.45) is 0. The summed E-state index contributed by atoms with van der Waals surface area (Å²) in [6.45, 7) is 1.96. The van der Waals surface area contributed by atoms with Crippen molar-refractivity contribution >= 4 is 15.9 Å². The topological polar surface area (TPSA) is 66.5 Å². The zero-order valence-corrected chi connectivity index (χ0v) is 14.5. The SMILES string of the molecule is Cc1ccc(S(=O)(=O)N(C)C)cc1C(=O)NCc1ccc(F)cc1. The van der Waals surface area contributed by atoms with Crippen LogP contribution in [-0.2, 0) is 16.6 Å². The molecule has 2 rings (SSSR count). The fourth-order valence-electron chi connectivity index (χ4n) is 2.10. The zero-order chi connectivity index (χ0) is 17.9. The predicted molar refractivity (Wildman–Crippen MR) is 89.6 cm³/mol. The summed E-state index contributed by atoms with van der Waals surface area (Å²) in [4.78, 5) is 12.4. The summed E-state index contributed by atoms with van der Waals surface area (Å²) < 4.78 is 38.3. The Morgan fingerprint density at radius 3 is 2.33 bits per heavy atom. The fraction of sp³-hybridized carbons (Fsp3) is 0.235. The maximum absolute atomic E-state index is 12.9. The van der Waals surface area contributed by atoms with Gasteiger partial charge in [0.2, 0.25) is 10.0 Å². The van der Waals surface area contributed by atoms with Gasteiger partial charge in [0, 0.05) is 26.2 Å². The van der Waals surface area contributed by atoms with Crippen molar-refractivity contribution in [2.45, 2.75) is 18.4 Å². The second-order valence-corrected chi connectivity index (χ2v) is 7.73. The molecule has 24 heavy (non-hydrogen) atoms. The molecule has 7 heteroatoms. The van der Waals surface area contributed by atoms with E-state index in [1.54, 1.807) is 25.1 Å². The summed E-state index contributed by atoms with van der Waals surface area (Å²) >= 11 is 0. The Hall–Kier alpha value is -2.25. The highest BCUT2D eigenvalue weighted by Crippen LogP contribution is 2.18. The molecule has 128 valence electrons. The van der Waals surface area contributed by atoms with Crippen molar-refractivity contribution in [2.24, 2.45) is 0 Å². The van der Waals surface area contributed by atoms with Gasteiger partial charge in [0.15, 0.2) is 0 Å². The first kappa shape index (κ1) is 18.1. The number of nitrogens with one attached hydrogen (secondary N) is 1. The van der Waals surface area contributed by atoms with Gasteiger partial charge in [0.1, 0.15) is 5.82 Å². The van der Waals surface area contributed by atoms with E-state index in [2.05, 4.69) is 5.32 Å². The van der Waals surface area contributed by atoms with E-state index in [1.807, 2.05) is 0 Å². The first-order chi connectivity index (χ1) is 11.2. The average Bonchev–Trinajstić information content (AvgIpc) is 2.54. The average molecular weight is 350 g/mol. The van der Waals surface area contributed by atoms with Gasteiger partial charge >= 0.3 is 0 Å². The molecule has 0 unspecified atom stereocenters. The highest BCUT2D eigenvalue weighted by Gasteiger charge is 2.20. The molecule has 1 N–H and O–H groups in total. The van der Waals surface area contributed by atoms with Crippen LogP contribution >= 0.6 is 0 Å². The lowest BCUT2D eigenvalue weighted by Gasteiger charge is -2.14. The van der Waals surface area contributed by atoms with E-state index in [-0.39, 0.29) is 23.2 Å². The van der Waals surface area contributed by atoms with Crippen LogP contribution in [0, 0.1) is 12.7 Å². The van der Waals surface area contributed by atoms with Gasteiger partial charge in [-0.25, -0.2) is 17.1 Å². The van der Waals surface area contributed by atoms with Gasteiger partial charge in [-0.15, -0.1) is 0 Å². The molecule has 0 heterocycles. The normalized spacial score (nSPS) is 11.5. The third-order valence-corrected chi connectivity index (χ3v) is 5.41. The summed E-state index contributed by atoms with van der Waals surface area (Å²) in [6, 6.07) is 10.2. The molecule has 0 saturated heterocycles. The molecule has 0 aliphatic heterocycles. The van der Waals surface area contributed by atoms with Crippen LogP contribution in [0.1, 0.15) is 21.5 Å². The maximum Gasteiger partial charge on any atom is 0.251 e. The highest BCUT2D eigenvalue weighted by atomic mass is 32.2. The van der Waals surface area contributed by atoms with Crippen LogP contribution in [0.15, 0.2) is 47.4 Å². The lowest BCUT2D eigenvalue weighted by Crippen LogP contribution is -2.25. The molecule has 2 aromatic carbocycles. The number of rotatable bonds is 5. The summed E-state index contributed by atoms with van der Waals surface area (Å²) in [5, 5.41) is 2.71. The number of amides is 1. The molecule has 0 aliphatic carbocycles. The van der Waals surface area contributed by atoms with Gasteiger partial charge in [-0.2, -0.15) is 0 Å². The number of hydrogen-bond donors (Lipinski definition) is 1. The Labute approximate surface area is 141 Å². The van der Waals surface area contributed by atoms with Gasteiger partial charge in [-0.3, -0.25) is 4.79 Å². The standard InChI is InChI=1S/C17H19FN2O3S/c1-12-4-9-15(24(22,23)20(2)3)10-16(12)17(21)19-11-13-5-7-14(18)8-6-13/h4-10H,11H2,1-3H3,(H,19,21). The molecule has 0 aromatic heterocycles. The molecule has 0 radical (unpaired) electrons. The van der Waals surface area contributed by atoms with Crippen LogP contribution in [-0.4, -0.2) is 32.7 Å². The van der Waals surface area contributed by atoms with Crippen molar-refractivity contribution < 1.29 is 17.6 Å². The number of sulfonamides is 1. The second kappa shape index (κ2) is 7.11. The van der Waals surface area contributed by atoms with Crippen LogP contribution < -0.4 is 5.32 Å². The van der Waals surface area contributed by atoms with E-state index in [0.29, 0.717) is 11.1 Å². The fourth-order valence-corrected chi connectivity index (χ4v) is 3.03. The van der Waals surface area contributed by atoms with Crippen LogP contribution in [0.4, 0.5) is 4.39 Å². The first-order valence-corrected chi connectivity index (χ1v) is 8.71. The van der Waals surface area contributed by atoms with Crippen molar-refractivity contribution in [3.8, 4) is 0 Å². The van der Waals surface area contributed by atoms with Crippen LogP contribution in [0.25, 0.3) is 0 Å². The zero-order valence-electron chi connectivity index (χ0n) is 13.7. The van der Waals surface area contributed by atoms with Crippen LogP contribution in [0.5, 0.6) is 0 Å². The third kappa shape index (κ3) is 3.98. The van der Waals surface area contributed by atoms with Crippen molar-refractivity contribution in [1.29, 1.82) is 0 Å². The summed E-state index contributed by atoms with van der Waals surface area (Å²) in [7, 11) is -0.742. The van der Waals surface area contributed by atoms with Crippen molar-refractivity contribution in [3.63, 3.8) is 0 Å². The van der Waals surface area contributed by atoms with Gasteiger partial charge in [-0.05, 0) is 42.3 Å². The van der Waals surface area contributed by atoms with Crippen molar-refractivity contribution in [2.75, 3.05) is 14.1 Å². The Balaban J connectivity index is 2.21. The van der Waals surface area contributed by atoms with Crippen molar-refractivity contribution in [3.05, 3.63) is 65.0 Å². The summed E-state index contributed by atoms with van der Waals surface area (Å²) in [5.74, 6) is -0.727. The predicted octanol–water partition coefficient (Wildman–Crippen LogP) is 2.31. The monoisotopic (exact) mass is 350 g/mol. The van der Waals surface area contributed by atoms with E-state index >= 15 is 0 Å². The molecule has 0 saturated carbocycles. The number of aryl methyl sites for hydroxylation is 1. The smallest absolute Gasteiger partial charge is 0.251 e. The number of carbonyl (C=O) groups excluding carboxylic acids is 1. The number of carbonyl (C=O) groups is 1. The molecular weight excluding hydrogens is 331 g/mol. The molecule has 0 aliphatic rings. The number of halogens is 1. The van der Waals surface area contributed by atoms with E-state index in [4.69, 9.17) is 0 Å². The molecule has 0 atom stereocenters. The molecule has 0 spiro atoms. The Kier molecular flexibility index (Phi) is 5.36. The molecule has 1 amide bonds. The van der Waals surface area contributed by atoms with Gasteiger partial charge in [0.25, 0.3) is 5.91 Å². The second-order valence-electron chi connectivity index (χ2n) is 5.57. The molecular formula is C17H19FN2O3S. The maximum atomic E-state index is 12.9. The van der Waals surface area contributed by atoms with Gasteiger partial charge < -0.3 is 5.32 Å². The number of nitrogens with zero attached hydrogens (tertiary/aromatic N) is 1. The minimum atomic E-state index is -3.61. The van der Waals surface area contributed by atoms with Crippen LogP contribution in [0.3, 0.4) is 0 Å². The molecule has 0 fully saturated rings. The van der Waals surface area contributed by atoms with E-state index < -0.39 is 10.0 Å². The molecule has 5 nitrogen and oxygen atoms in total. The molecule has 0 bridgehead atoms. The minimum Gasteiger partial charge on any atom is -0.348 e. The number of benzene rings is 2. The largest absolute Gasteiger partial charge is 0.348 e. The van der Waals surface area contributed by atoms with E-state index in [0.717, 1.165) is 9.87 Å². The first-order valence-electron chi connectivity index (χ1n) is 7.27. The molecule has 2 aromatic rings. The lowest BCUT2D eigenvalue weighted by atomic mass is 10.1. The van der Waals surface area contributed by atoms with Crippen LogP contribution in [0.2, 0.25) is 0 Å². The quantitative estimate of drug-likeness (QED) is 0.900. The Morgan fingerprint density at radius 1 is 1.12 bits per heavy atom. The highest BCUT2D eigenvalue weighted by molar-refractivity contribution is 7.89. The Morgan fingerprint density at radius 2 is 1.75 bits per heavy atom. The van der Waals surface area contributed by atoms with E-state index in [9.17, 15) is 17.6 Å². The summed E-state index contributed by atoms with van der Waals surface area (Å²) in [5.41, 5.74) is 1.71. The third-order valence-electron chi connectivity index (χ3n) is 3.60. The lowest BCUT2D eigenvalue weighted by molar-refractivity contribution is 0.0950. The Bertz CT molecular complexity index is 847. The minimum absolute atomic E-state index is 0.0602. The van der Waals surface area contributed by atoms with Gasteiger partial charge in [-0.1, -0.05) is 18.2 Å². The van der Waals surface area contributed by atoms with Gasteiger partial charge in [0.05, 0.1) is 4.90 Å². The van der Waals surface area contributed by atoms with E-state index in [1.165, 1.54) is 38.4 Å². The van der Waals surface area contributed by atoms with Crippen molar-refractivity contribution in [1.82, 2.24) is 9.62 Å². The number of hydrogen-bond acceptors (Lipinski definition) is 3.